The summed E-state index contributed by atoms with van der Waals surface area (Å²) in [5.74, 6) is 0. The Labute approximate surface area is 122 Å². The summed E-state index contributed by atoms with van der Waals surface area (Å²) in [6.07, 6.45) is 5.71. The second kappa shape index (κ2) is 6.15. The molecule has 3 heteroatoms. The summed E-state index contributed by atoms with van der Waals surface area (Å²) in [6, 6.07) is 7.25. The van der Waals surface area contributed by atoms with Crippen molar-refractivity contribution in [1.29, 1.82) is 0 Å². The average molecular weight is 273 g/mol. The quantitative estimate of drug-likeness (QED) is 0.859. The molecule has 0 aromatic heterocycles. The number of hydrogen-bond donors (Lipinski definition) is 1. The van der Waals surface area contributed by atoms with Gasteiger partial charge in [0.1, 0.15) is 0 Å². The van der Waals surface area contributed by atoms with E-state index in [1.54, 1.807) is 0 Å². The minimum atomic E-state index is 0.876. The highest BCUT2D eigenvalue weighted by molar-refractivity contribution is 5.48. The van der Waals surface area contributed by atoms with Gasteiger partial charge < -0.3 is 5.73 Å². The lowest BCUT2D eigenvalue weighted by atomic mass is 10.1. The van der Waals surface area contributed by atoms with Crippen molar-refractivity contribution < 1.29 is 0 Å². The molecule has 0 atom stereocenters. The van der Waals surface area contributed by atoms with Crippen LogP contribution in [0.1, 0.15) is 36.8 Å². The normalized spacial score (nSPS) is 22.4. The summed E-state index contributed by atoms with van der Waals surface area (Å²) in [4.78, 5) is 5.26. The molecule has 1 aliphatic carbocycles. The van der Waals surface area contributed by atoms with Crippen LogP contribution in [0.25, 0.3) is 0 Å². The first-order valence-electron chi connectivity index (χ1n) is 8.04. The zero-order chi connectivity index (χ0) is 13.9. The molecule has 0 unspecified atom stereocenters. The van der Waals surface area contributed by atoms with Crippen LogP contribution >= 0.6 is 0 Å². The predicted octanol–water partition coefficient (Wildman–Crippen LogP) is 2.64. The van der Waals surface area contributed by atoms with E-state index in [9.17, 15) is 0 Å². The first-order chi connectivity index (χ1) is 9.72. The molecule has 110 valence electrons. The van der Waals surface area contributed by atoms with E-state index in [0.29, 0.717) is 0 Å². The summed E-state index contributed by atoms with van der Waals surface area (Å²) in [6.45, 7) is 7.98. The lowest BCUT2D eigenvalue weighted by Gasteiger charge is -2.38. The van der Waals surface area contributed by atoms with Crippen LogP contribution in [0, 0.1) is 6.92 Å². The molecule has 2 fully saturated rings. The van der Waals surface area contributed by atoms with Gasteiger partial charge in [0.05, 0.1) is 0 Å². The van der Waals surface area contributed by atoms with E-state index < -0.39 is 0 Å². The Kier molecular flexibility index (Phi) is 4.27. The Morgan fingerprint density at radius 3 is 2.50 bits per heavy atom. The summed E-state index contributed by atoms with van der Waals surface area (Å²) in [5.41, 5.74) is 9.63. The number of benzene rings is 1. The smallest absolute Gasteiger partial charge is 0.0359 e. The first kappa shape index (κ1) is 13.9. The highest BCUT2D eigenvalue weighted by Gasteiger charge is 2.26. The molecular formula is C17H27N3. The third-order valence-electron chi connectivity index (χ3n) is 4.94. The van der Waals surface area contributed by atoms with Crippen LogP contribution < -0.4 is 5.73 Å². The van der Waals surface area contributed by atoms with Crippen molar-refractivity contribution >= 4 is 5.69 Å². The second-order valence-electron chi connectivity index (χ2n) is 6.45. The third-order valence-corrected chi connectivity index (χ3v) is 4.94. The number of aryl methyl sites for hydroxylation is 1. The fourth-order valence-corrected chi connectivity index (χ4v) is 3.67. The van der Waals surface area contributed by atoms with E-state index in [4.69, 9.17) is 5.73 Å². The van der Waals surface area contributed by atoms with Gasteiger partial charge in [-0.05, 0) is 31.4 Å². The van der Waals surface area contributed by atoms with Crippen LogP contribution in [0.15, 0.2) is 18.2 Å². The lowest BCUT2D eigenvalue weighted by molar-refractivity contribution is 0.0938. The van der Waals surface area contributed by atoms with Gasteiger partial charge in [0.25, 0.3) is 0 Å². The molecule has 2 aliphatic rings. The highest BCUT2D eigenvalue weighted by Crippen LogP contribution is 2.25. The van der Waals surface area contributed by atoms with E-state index in [2.05, 4.69) is 28.9 Å². The maximum atomic E-state index is 6.10. The van der Waals surface area contributed by atoms with Gasteiger partial charge in [-0.3, -0.25) is 9.80 Å². The predicted molar refractivity (Wildman–Crippen MR) is 84.7 cm³/mol. The number of nitrogen functional groups attached to an aromatic ring is 1. The molecule has 1 aromatic carbocycles. The van der Waals surface area contributed by atoms with Crippen LogP contribution in [0.4, 0.5) is 5.69 Å². The Bertz CT molecular complexity index is 444. The minimum absolute atomic E-state index is 0.876. The second-order valence-corrected chi connectivity index (χ2v) is 6.45. The highest BCUT2D eigenvalue weighted by atomic mass is 15.3. The van der Waals surface area contributed by atoms with Crippen molar-refractivity contribution in [2.45, 2.75) is 45.2 Å². The maximum Gasteiger partial charge on any atom is 0.0359 e. The summed E-state index contributed by atoms with van der Waals surface area (Å²) in [7, 11) is 0. The van der Waals surface area contributed by atoms with Crippen molar-refractivity contribution in [3.63, 3.8) is 0 Å². The van der Waals surface area contributed by atoms with E-state index in [1.807, 2.05) is 6.07 Å². The van der Waals surface area contributed by atoms with Crippen molar-refractivity contribution in [2.24, 2.45) is 0 Å². The van der Waals surface area contributed by atoms with Crippen molar-refractivity contribution in [1.82, 2.24) is 9.80 Å². The van der Waals surface area contributed by atoms with Crippen LogP contribution in [0.2, 0.25) is 0 Å². The number of nitrogens with zero attached hydrogens (tertiary/aromatic N) is 2. The van der Waals surface area contributed by atoms with Gasteiger partial charge in [0, 0.05) is 44.5 Å². The fourth-order valence-electron chi connectivity index (χ4n) is 3.67. The zero-order valence-electron chi connectivity index (χ0n) is 12.6. The molecule has 1 saturated carbocycles. The maximum absolute atomic E-state index is 6.10. The molecule has 20 heavy (non-hydrogen) atoms. The molecule has 1 saturated heterocycles. The molecule has 1 aliphatic heterocycles. The molecule has 2 N–H and O–H groups in total. The van der Waals surface area contributed by atoms with Gasteiger partial charge in [0.2, 0.25) is 0 Å². The number of rotatable bonds is 3. The molecular weight excluding hydrogens is 246 g/mol. The topological polar surface area (TPSA) is 32.5 Å². The molecule has 0 amide bonds. The Hall–Kier alpha value is -1.06. The van der Waals surface area contributed by atoms with E-state index in [1.165, 1.54) is 63.0 Å². The first-order valence-corrected chi connectivity index (χ1v) is 8.04. The molecule has 3 rings (SSSR count). The van der Waals surface area contributed by atoms with Crippen molar-refractivity contribution in [2.75, 3.05) is 31.9 Å². The van der Waals surface area contributed by atoms with E-state index in [-0.39, 0.29) is 0 Å². The summed E-state index contributed by atoms with van der Waals surface area (Å²) >= 11 is 0. The molecule has 1 aromatic rings. The SMILES string of the molecule is Cc1ccc(N)c(CN2CCN(C3CCCC3)CC2)c1. The Morgan fingerprint density at radius 2 is 1.80 bits per heavy atom. The summed E-state index contributed by atoms with van der Waals surface area (Å²) < 4.78 is 0. The zero-order valence-corrected chi connectivity index (χ0v) is 12.6. The van der Waals surface area contributed by atoms with Gasteiger partial charge in [-0.1, -0.05) is 30.5 Å². The number of piperazine rings is 1. The molecule has 0 bridgehead atoms. The average Bonchev–Trinajstić information content (AvgIpc) is 2.98. The van der Waals surface area contributed by atoms with Crippen LogP contribution in [-0.2, 0) is 6.54 Å². The monoisotopic (exact) mass is 273 g/mol. The van der Waals surface area contributed by atoms with Crippen LogP contribution in [0.5, 0.6) is 0 Å². The summed E-state index contributed by atoms with van der Waals surface area (Å²) in [5, 5.41) is 0. The van der Waals surface area contributed by atoms with Gasteiger partial charge in [-0.25, -0.2) is 0 Å². The largest absolute Gasteiger partial charge is 0.398 e. The van der Waals surface area contributed by atoms with Gasteiger partial charge in [-0.2, -0.15) is 0 Å². The number of hydrogen-bond acceptors (Lipinski definition) is 3. The van der Waals surface area contributed by atoms with Crippen molar-refractivity contribution in [3.05, 3.63) is 29.3 Å². The standard InChI is InChI=1S/C17H27N3/c1-14-6-7-17(18)15(12-14)13-19-8-10-20(11-9-19)16-4-2-3-5-16/h6-7,12,16H,2-5,8-11,13,18H2,1H3. The van der Waals surface area contributed by atoms with E-state index >= 15 is 0 Å². The van der Waals surface area contributed by atoms with Crippen molar-refractivity contribution in [3.8, 4) is 0 Å². The Balaban J connectivity index is 1.54. The van der Waals surface area contributed by atoms with Gasteiger partial charge >= 0.3 is 0 Å². The number of anilines is 1. The third kappa shape index (κ3) is 3.15. The van der Waals surface area contributed by atoms with Crippen LogP contribution in [0.3, 0.4) is 0 Å². The van der Waals surface area contributed by atoms with Crippen LogP contribution in [-0.4, -0.2) is 42.0 Å². The number of nitrogens with two attached hydrogens (primary N) is 1. The molecule has 0 spiro atoms. The minimum Gasteiger partial charge on any atom is -0.398 e. The van der Waals surface area contributed by atoms with Gasteiger partial charge in [-0.15, -0.1) is 0 Å². The van der Waals surface area contributed by atoms with E-state index in [0.717, 1.165) is 18.3 Å². The van der Waals surface area contributed by atoms with Gasteiger partial charge in [0.15, 0.2) is 0 Å². The molecule has 0 radical (unpaired) electrons. The molecule has 1 heterocycles. The fraction of sp³-hybridized carbons (Fsp3) is 0.647. The lowest BCUT2D eigenvalue weighted by Crippen LogP contribution is -2.49. The molecule has 3 nitrogen and oxygen atoms in total. The Morgan fingerprint density at radius 1 is 1.10 bits per heavy atom.